The summed E-state index contributed by atoms with van der Waals surface area (Å²) in [7, 11) is 0. The van der Waals surface area contributed by atoms with Crippen LogP contribution in [0.1, 0.15) is 18.6 Å². The Hall–Kier alpha value is -3.15. The number of hydrogen-bond donors (Lipinski definition) is 2. The molecular weight excluding hydrogens is 421 g/mol. The van der Waals surface area contributed by atoms with E-state index in [1.54, 1.807) is 18.8 Å². The summed E-state index contributed by atoms with van der Waals surface area (Å²) in [5.74, 6) is -0.726. The standard InChI is InChI=1S/C17H20N4O3.C2HF3O2/c22-17(19-9-13-2-1-7-23-13)14-8-12-4-6-21(10-15(12)24-14)16-3-5-18-11-20-16;3-2(4,5)1(6)7/h1-3,5,7,11-12,14-15H,4,6,8-10H2,(H,19,22);(H,6,7)/t12-,14+,15-;/m0./s1. The number of fused-ring (bicyclic) bond motifs is 1. The minimum atomic E-state index is -5.08. The number of aliphatic carboxylic acids is 1. The molecule has 2 aromatic rings. The van der Waals surface area contributed by atoms with Gasteiger partial charge in [-0.05, 0) is 37.0 Å². The summed E-state index contributed by atoms with van der Waals surface area (Å²) >= 11 is 0. The van der Waals surface area contributed by atoms with E-state index >= 15 is 0 Å². The van der Waals surface area contributed by atoms with Crippen molar-refractivity contribution in [3.8, 4) is 0 Å². The maximum absolute atomic E-state index is 12.3. The van der Waals surface area contributed by atoms with Gasteiger partial charge in [0.2, 0.25) is 5.91 Å². The normalized spacial score (nSPS) is 22.8. The Morgan fingerprint density at radius 3 is 2.71 bits per heavy atom. The molecule has 31 heavy (non-hydrogen) atoms. The second kappa shape index (κ2) is 9.77. The quantitative estimate of drug-likeness (QED) is 0.739. The molecule has 1 amide bonds. The molecule has 9 nitrogen and oxygen atoms in total. The molecule has 0 unspecified atom stereocenters. The fourth-order valence-corrected chi connectivity index (χ4v) is 3.48. The summed E-state index contributed by atoms with van der Waals surface area (Å²) in [5, 5.41) is 10.0. The molecule has 2 aliphatic rings. The molecule has 12 heteroatoms. The number of piperidine rings is 1. The highest BCUT2D eigenvalue weighted by Gasteiger charge is 2.42. The van der Waals surface area contributed by atoms with Crippen LogP contribution >= 0.6 is 0 Å². The van der Waals surface area contributed by atoms with E-state index in [1.165, 1.54) is 0 Å². The van der Waals surface area contributed by atoms with E-state index in [0.717, 1.165) is 37.5 Å². The number of hydrogen-bond acceptors (Lipinski definition) is 7. The second-order valence-corrected chi connectivity index (χ2v) is 7.06. The highest BCUT2D eigenvalue weighted by molar-refractivity contribution is 5.81. The highest BCUT2D eigenvalue weighted by Crippen LogP contribution is 2.34. The molecule has 2 aromatic heterocycles. The lowest BCUT2D eigenvalue weighted by Gasteiger charge is -2.34. The van der Waals surface area contributed by atoms with Crippen LogP contribution in [-0.4, -0.2) is 58.4 Å². The van der Waals surface area contributed by atoms with Gasteiger partial charge in [-0.1, -0.05) is 0 Å². The zero-order valence-corrected chi connectivity index (χ0v) is 16.3. The third-order valence-electron chi connectivity index (χ3n) is 4.99. The van der Waals surface area contributed by atoms with Gasteiger partial charge in [-0.15, -0.1) is 0 Å². The lowest BCUT2D eigenvalue weighted by molar-refractivity contribution is -0.192. The van der Waals surface area contributed by atoms with Crippen molar-refractivity contribution in [1.29, 1.82) is 0 Å². The van der Waals surface area contributed by atoms with Crippen molar-refractivity contribution in [3.63, 3.8) is 0 Å². The lowest BCUT2D eigenvalue weighted by atomic mass is 9.91. The number of halogens is 3. The fraction of sp³-hybridized carbons (Fsp3) is 0.474. The number of ether oxygens (including phenoxy) is 1. The van der Waals surface area contributed by atoms with Crippen molar-refractivity contribution in [3.05, 3.63) is 42.7 Å². The van der Waals surface area contributed by atoms with Crippen LogP contribution < -0.4 is 10.2 Å². The first-order valence-electron chi connectivity index (χ1n) is 9.50. The number of aromatic nitrogens is 2. The van der Waals surface area contributed by atoms with Crippen LogP contribution in [0.5, 0.6) is 0 Å². The van der Waals surface area contributed by atoms with Crippen LogP contribution in [0.3, 0.4) is 0 Å². The molecule has 4 heterocycles. The molecule has 2 aliphatic heterocycles. The van der Waals surface area contributed by atoms with E-state index in [9.17, 15) is 18.0 Å². The van der Waals surface area contributed by atoms with Crippen molar-refractivity contribution in [1.82, 2.24) is 15.3 Å². The van der Waals surface area contributed by atoms with E-state index in [1.807, 2.05) is 18.2 Å². The number of alkyl halides is 3. The molecule has 0 saturated carbocycles. The summed E-state index contributed by atoms with van der Waals surface area (Å²) in [5.41, 5.74) is 0. The van der Waals surface area contributed by atoms with Gasteiger partial charge >= 0.3 is 12.1 Å². The highest BCUT2D eigenvalue weighted by atomic mass is 19.4. The number of furan rings is 1. The van der Waals surface area contributed by atoms with E-state index in [-0.39, 0.29) is 18.1 Å². The van der Waals surface area contributed by atoms with Crippen molar-refractivity contribution in [2.45, 2.75) is 37.8 Å². The molecule has 0 aromatic carbocycles. The van der Waals surface area contributed by atoms with Crippen molar-refractivity contribution in [2.75, 3.05) is 18.0 Å². The molecule has 4 rings (SSSR count). The Kier molecular flexibility index (Phi) is 7.10. The summed E-state index contributed by atoms with van der Waals surface area (Å²) in [6.45, 7) is 2.10. The number of anilines is 1. The first-order chi connectivity index (χ1) is 14.7. The topological polar surface area (TPSA) is 118 Å². The monoisotopic (exact) mass is 442 g/mol. The molecule has 2 N–H and O–H groups in total. The van der Waals surface area contributed by atoms with Crippen LogP contribution in [0.4, 0.5) is 19.0 Å². The van der Waals surface area contributed by atoms with Gasteiger partial charge in [-0.25, -0.2) is 14.8 Å². The smallest absolute Gasteiger partial charge is 0.475 e. The second-order valence-electron chi connectivity index (χ2n) is 7.06. The average Bonchev–Trinajstić information content (AvgIpc) is 3.41. The van der Waals surface area contributed by atoms with Crippen LogP contribution in [0, 0.1) is 5.92 Å². The van der Waals surface area contributed by atoms with Gasteiger partial charge in [-0.2, -0.15) is 13.2 Å². The largest absolute Gasteiger partial charge is 0.490 e. The van der Waals surface area contributed by atoms with Crippen molar-refractivity contribution >= 4 is 17.7 Å². The number of carbonyl (C=O) groups excluding carboxylic acids is 1. The van der Waals surface area contributed by atoms with Crippen LogP contribution in [0.25, 0.3) is 0 Å². The molecule has 0 spiro atoms. The molecule has 0 aliphatic carbocycles. The van der Waals surface area contributed by atoms with Crippen LogP contribution in [0.15, 0.2) is 41.4 Å². The third kappa shape index (κ3) is 6.17. The minimum Gasteiger partial charge on any atom is -0.475 e. The van der Waals surface area contributed by atoms with Gasteiger partial charge < -0.3 is 24.5 Å². The maximum atomic E-state index is 12.3. The molecular formula is C19H21F3N4O5. The van der Waals surface area contributed by atoms with E-state index in [0.29, 0.717) is 12.5 Å². The van der Waals surface area contributed by atoms with Crippen molar-refractivity contribution < 1.29 is 37.0 Å². The minimum absolute atomic E-state index is 0.0608. The summed E-state index contributed by atoms with van der Waals surface area (Å²) in [6.07, 6.45) is 1.32. The Morgan fingerprint density at radius 2 is 2.10 bits per heavy atom. The number of carboxylic acids is 1. The summed E-state index contributed by atoms with van der Waals surface area (Å²) in [4.78, 5) is 31.7. The van der Waals surface area contributed by atoms with Gasteiger partial charge in [-0.3, -0.25) is 4.79 Å². The van der Waals surface area contributed by atoms with Crippen LogP contribution in [0.2, 0.25) is 0 Å². The van der Waals surface area contributed by atoms with E-state index in [2.05, 4.69) is 20.2 Å². The molecule has 0 bridgehead atoms. The molecule has 2 fully saturated rings. The number of rotatable bonds is 4. The molecule has 0 radical (unpaired) electrons. The van der Waals surface area contributed by atoms with Gasteiger partial charge in [0.15, 0.2) is 0 Å². The lowest BCUT2D eigenvalue weighted by Crippen LogP contribution is -2.43. The summed E-state index contributed by atoms with van der Waals surface area (Å²) < 4.78 is 43.0. The Labute approximate surface area is 175 Å². The van der Waals surface area contributed by atoms with Crippen molar-refractivity contribution in [2.24, 2.45) is 5.92 Å². The number of carboxylic acid groups (broad SMARTS) is 1. The van der Waals surface area contributed by atoms with Gasteiger partial charge in [0.05, 0.1) is 18.9 Å². The zero-order chi connectivity index (χ0) is 22.4. The number of carbonyl (C=O) groups is 2. The number of nitrogens with zero attached hydrogens (tertiary/aromatic N) is 3. The molecule has 2 saturated heterocycles. The predicted molar refractivity (Wildman–Crippen MR) is 99.9 cm³/mol. The zero-order valence-electron chi connectivity index (χ0n) is 16.3. The number of nitrogens with one attached hydrogen (secondary N) is 1. The summed E-state index contributed by atoms with van der Waals surface area (Å²) in [6, 6.07) is 5.56. The molecule has 168 valence electrons. The van der Waals surface area contributed by atoms with Gasteiger partial charge in [0.25, 0.3) is 0 Å². The van der Waals surface area contributed by atoms with Gasteiger partial charge in [0, 0.05) is 19.3 Å². The first kappa shape index (κ1) is 22.5. The van der Waals surface area contributed by atoms with Gasteiger partial charge in [0.1, 0.15) is 24.0 Å². The van der Waals surface area contributed by atoms with Crippen LogP contribution in [-0.2, 0) is 20.9 Å². The average molecular weight is 442 g/mol. The predicted octanol–water partition coefficient (Wildman–Crippen LogP) is 2.00. The fourth-order valence-electron chi connectivity index (χ4n) is 3.48. The maximum Gasteiger partial charge on any atom is 0.490 e. The Balaban J connectivity index is 0.000000339. The first-order valence-corrected chi connectivity index (χ1v) is 9.50. The number of amides is 1. The van der Waals surface area contributed by atoms with E-state index < -0.39 is 12.1 Å². The molecule has 3 atom stereocenters. The van der Waals surface area contributed by atoms with E-state index in [4.69, 9.17) is 19.1 Å². The Bertz CT molecular complexity index is 863. The third-order valence-corrected chi connectivity index (χ3v) is 4.99. The SMILES string of the molecule is O=C(NCc1ccco1)[C@H]1C[C@@H]2CCN(c3ccncn3)C[C@@H]2O1.O=C(O)C(F)(F)F. The Morgan fingerprint density at radius 1 is 1.32 bits per heavy atom.